The van der Waals surface area contributed by atoms with Crippen LogP contribution in [-0.4, -0.2) is 0 Å². The molecule has 112 valence electrons. The van der Waals surface area contributed by atoms with Gasteiger partial charge in [0.15, 0.2) is 0 Å². The van der Waals surface area contributed by atoms with Gasteiger partial charge in [-0.3, -0.25) is 0 Å². The van der Waals surface area contributed by atoms with E-state index in [9.17, 15) is 17.6 Å². The van der Waals surface area contributed by atoms with Crippen LogP contribution < -0.4 is 10.5 Å². The molecule has 2 N–H and O–H groups in total. The molecule has 0 heterocycles. The molecule has 0 saturated carbocycles. The maximum absolute atomic E-state index is 13.2. The number of anilines is 1. The largest absolute Gasteiger partial charge is 0.457 e. The van der Waals surface area contributed by atoms with Crippen molar-refractivity contribution >= 4 is 5.69 Å². The lowest BCUT2D eigenvalue weighted by Gasteiger charge is -2.13. The summed E-state index contributed by atoms with van der Waals surface area (Å²) in [6.45, 7) is 3.48. The van der Waals surface area contributed by atoms with E-state index in [-0.39, 0.29) is 5.75 Å². The third kappa shape index (κ3) is 3.26. The van der Waals surface area contributed by atoms with Gasteiger partial charge in [-0.2, -0.15) is 13.2 Å². The van der Waals surface area contributed by atoms with E-state index in [1.54, 1.807) is 26.0 Å². The van der Waals surface area contributed by atoms with Crippen molar-refractivity contribution in [1.82, 2.24) is 0 Å². The molecule has 0 atom stereocenters. The van der Waals surface area contributed by atoms with Crippen molar-refractivity contribution in [1.29, 1.82) is 0 Å². The lowest BCUT2D eigenvalue weighted by molar-refractivity contribution is -0.140. The van der Waals surface area contributed by atoms with Crippen LogP contribution in [0.3, 0.4) is 0 Å². The number of hydrogen-bond acceptors (Lipinski definition) is 2. The maximum atomic E-state index is 13.2. The van der Waals surface area contributed by atoms with E-state index in [0.29, 0.717) is 23.1 Å². The molecule has 0 aliphatic heterocycles. The van der Waals surface area contributed by atoms with Crippen molar-refractivity contribution in [2.24, 2.45) is 0 Å². The fraction of sp³-hybridized carbons (Fsp3) is 0.200. The summed E-state index contributed by atoms with van der Waals surface area (Å²) < 4.78 is 56.6. The Hall–Kier alpha value is -2.24. The minimum Gasteiger partial charge on any atom is -0.457 e. The van der Waals surface area contributed by atoms with E-state index < -0.39 is 17.6 Å². The molecule has 2 rings (SSSR count). The SMILES string of the molecule is Cc1cc(Oc2ccc(F)c(C(F)(F)F)c2)c(C)cc1N. The predicted octanol–water partition coefficient (Wildman–Crippen LogP) is 4.84. The molecule has 0 aromatic heterocycles. The summed E-state index contributed by atoms with van der Waals surface area (Å²) in [7, 11) is 0. The zero-order chi connectivity index (χ0) is 15.8. The molecule has 2 aromatic carbocycles. The Balaban J connectivity index is 2.39. The highest BCUT2D eigenvalue weighted by Crippen LogP contribution is 2.35. The van der Waals surface area contributed by atoms with Crippen molar-refractivity contribution in [2.45, 2.75) is 20.0 Å². The van der Waals surface area contributed by atoms with Crippen molar-refractivity contribution in [3.05, 3.63) is 52.8 Å². The fourth-order valence-electron chi connectivity index (χ4n) is 1.83. The maximum Gasteiger partial charge on any atom is 0.419 e. The van der Waals surface area contributed by atoms with E-state index in [4.69, 9.17) is 10.5 Å². The third-order valence-corrected chi connectivity index (χ3v) is 3.03. The Morgan fingerprint density at radius 3 is 2.29 bits per heavy atom. The minimum absolute atomic E-state index is 0.0870. The van der Waals surface area contributed by atoms with Crippen LogP contribution in [0.1, 0.15) is 16.7 Å². The molecule has 0 fully saturated rings. The Morgan fingerprint density at radius 1 is 1.00 bits per heavy atom. The second-order valence-electron chi connectivity index (χ2n) is 4.72. The van der Waals surface area contributed by atoms with Crippen LogP contribution in [0, 0.1) is 19.7 Å². The molecule has 2 aromatic rings. The van der Waals surface area contributed by atoms with Crippen LogP contribution in [0.15, 0.2) is 30.3 Å². The molecule has 0 amide bonds. The zero-order valence-corrected chi connectivity index (χ0v) is 11.4. The van der Waals surface area contributed by atoms with E-state index in [0.717, 1.165) is 17.7 Å². The van der Waals surface area contributed by atoms with Crippen LogP contribution in [0.4, 0.5) is 23.2 Å². The number of rotatable bonds is 2. The van der Waals surface area contributed by atoms with Gasteiger partial charge in [-0.05, 0) is 55.3 Å². The smallest absolute Gasteiger partial charge is 0.419 e. The van der Waals surface area contributed by atoms with E-state index >= 15 is 0 Å². The zero-order valence-electron chi connectivity index (χ0n) is 11.4. The van der Waals surface area contributed by atoms with E-state index in [2.05, 4.69) is 0 Å². The predicted molar refractivity (Wildman–Crippen MR) is 71.8 cm³/mol. The normalized spacial score (nSPS) is 11.5. The van der Waals surface area contributed by atoms with Crippen LogP contribution in [0.5, 0.6) is 11.5 Å². The molecule has 6 heteroatoms. The number of hydrogen-bond donors (Lipinski definition) is 1. The number of ether oxygens (including phenoxy) is 1. The van der Waals surface area contributed by atoms with Crippen LogP contribution in [-0.2, 0) is 6.18 Å². The van der Waals surface area contributed by atoms with Crippen molar-refractivity contribution in [3.8, 4) is 11.5 Å². The summed E-state index contributed by atoms with van der Waals surface area (Å²) in [5.74, 6) is -1.04. The van der Waals surface area contributed by atoms with Gasteiger partial charge in [-0.15, -0.1) is 0 Å². The summed E-state index contributed by atoms with van der Waals surface area (Å²) in [6, 6.07) is 5.81. The van der Waals surface area contributed by atoms with Crippen LogP contribution >= 0.6 is 0 Å². The number of aryl methyl sites for hydroxylation is 2. The Bertz CT molecular complexity index is 680. The molecule has 0 bridgehead atoms. The molecule has 0 radical (unpaired) electrons. The number of alkyl halides is 3. The van der Waals surface area contributed by atoms with Crippen molar-refractivity contribution < 1.29 is 22.3 Å². The summed E-state index contributed by atoms with van der Waals surface area (Å²) in [5, 5.41) is 0. The monoisotopic (exact) mass is 299 g/mol. The molecule has 0 aliphatic rings. The number of nitrogen functional groups attached to an aromatic ring is 1. The second-order valence-corrected chi connectivity index (χ2v) is 4.72. The van der Waals surface area contributed by atoms with Gasteiger partial charge < -0.3 is 10.5 Å². The highest BCUT2D eigenvalue weighted by Gasteiger charge is 2.34. The van der Waals surface area contributed by atoms with Crippen molar-refractivity contribution in [2.75, 3.05) is 5.73 Å². The summed E-state index contributed by atoms with van der Waals surface area (Å²) in [5.41, 5.74) is 6.36. The minimum atomic E-state index is -4.77. The first kappa shape index (κ1) is 15.2. The lowest BCUT2D eigenvalue weighted by atomic mass is 10.1. The second kappa shape index (κ2) is 5.27. The van der Waals surface area contributed by atoms with Gasteiger partial charge in [0.05, 0.1) is 5.56 Å². The van der Waals surface area contributed by atoms with Gasteiger partial charge in [0, 0.05) is 5.69 Å². The first-order valence-electron chi connectivity index (χ1n) is 6.10. The standard InChI is InChI=1S/C15H13F4NO/c1-8-6-14(9(2)5-13(8)20)21-10-3-4-12(16)11(7-10)15(17,18)19/h3-7H,20H2,1-2H3. The number of halogens is 4. The van der Waals surface area contributed by atoms with E-state index in [1.807, 2.05) is 0 Å². The highest BCUT2D eigenvalue weighted by atomic mass is 19.4. The Labute approximate surface area is 119 Å². The van der Waals surface area contributed by atoms with E-state index in [1.165, 1.54) is 0 Å². The average Bonchev–Trinajstić information content (AvgIpc) is 2.37. The van der Waals surface area contributed by atoms with Crippen molar-refractivity contribution in [3.63, 3.8) is 0 Å². The summed E-state index contributed by atoms with van der Waals surface area (Å²) in [6.07, 6.45) is -4.77. The Kier molecular flexibility index (Phi) is 3.80. The number of nitrogens with two attached hydrogens (primary N) is 1. The molecular weight excluding hydrogens is 286 g/mol. The van der Waals surface area contributed by atoms with Gasteiger partial charge in [-0.1, -0.05) is 0 Å². The third-order valence-electron chi connectivity index (χ3n) is 3.03. The van der Waals surface area contributed by atoms with Gasteiger partial charge >= 0.3 is 6.18 Å². The van der Waals surface area contributed by atoms with Gasteiger partial charge in [0.2, 0.25) is 0 Å². The molecule has 0 spiro atoms. The molecule has 2 nitrogen and oxygen atoms in total. The van der Waals surface area contributed by atoms with Gasteiger partial charge in [0.25, 0.3) is 0 Å². The van der Waals surface area contributed by atoms with Gasteiger partial charge in [-0.25, -0.2) is 4.39 Å². The first-order valence-corrected chi connectivity index (χ1v) is 6.10. The molecule has 0 saturated heterocycles. The summed E-state index contributed by atoms with van der Waals surface area (Å²) >= 11 is 0. The van der Waals surface area contributed by atoms with Crippen LogP contribution in [0.25, 0.3) is 0 Å². The highest BCUT2D eigenvalue weighted by molar-refractivity contribution is 5.54. The number of benzene rings is 2. The lowest BCUT2D eigenvalue weighted by Crippen LogP contribution is -2.08. The quantitative estimate of drug-likeness (QED) is 0.636. The van der Waals surface area contributed by atoms with Crippen LogP contribution in [0.2, 0.25) is 0 Å². The molecule has 0 unspecified atom stereocenters. The molecule has 21 heavy (non-hydrogen) atoms. The summed E-state index contributed by atoms with van der Waals surface area (Å²) in [4.78, 5) is 0. The first-order chi connectivity index (χ1) is 9.68. The average molecular weight is 299 g/mol. The Morgan fingerprint density at radius 2 is 1.67 bits per heavy atom. The van der Waals surface area contributed by atoms with Gasteiger partial charge in [0.1, 0.15) is 17.3 Å². The molecular formula is C15H13F4NO. The fourth-order valence-corrected chi connectivity index (χ4v) is 1.83. The topological polar surface area (TPSA) is 35.2 Å². The molecule has 0 aliphatic carbocycles.